The van der Waals surface area contributed by atoms with Crippen molar-refractivity contribution in [3.8, 4) is 0 Å². The van der Waals surface area contributed by atoms with Crippen LogP contribution in [0.25, 0.3) is 0 Å². The molecule has 0 radical (unpaired) electrons. The van der Waals surface area contributed by atoms with E-state index < -0.39 is 0 Å². The van der Waals surface area contributed by atoms with Gasteiger partial charge >= 0.3 is 0 Å². The molecule has 0 aromatic heterocycles. The molecule has 1 atom stereocenters. The summed E-state index contributed by atoms with van der Waals surface area (Å²) in [7, 11) is 0. The maximum Gasteiger partial charge on any atom is 0.129 e. The lowest BCUT2D eigenvalue weighted by atomic mass is 10.0. The van der Waals surface area contributed by atoms with Gasteiger partial charge in [0.05, 0.1) is 5.71 Å². The van der Waals surface area contributed by atoms with Crippen molar-refractivity contribution in [2.75, 3.05) is 26.2 Å². The first-order valence-corrected chi connectivity index (χ1v) is 7.74. The van der Waals surface area contributed by atoms with Crippen LogP contribution in [0.15, 0.2) is 5.16 Å². The Morgan fingerprint density at radius 3 is 2.83 bits per heavy atom. The van der Waals surface area contributed by atoms with E-state index in [2.05, 4.69) is 17.0 Å². The summed E-state index contributed by atoms with van der Waals surface area (Å²) in [5.41, 5.74) is 1.29. The van der Waals surface area contributed by atoms with Crippen LogP contribution >= 0.6 is 0 Å². The second kappa shape index (κ2) is 7.78. The van der Waals surface area contributed by atoms with Crippen molar-refractivity contribution in [1.82, 2.24) is 4.90 Å². The molecule has 104 valence electrons. The number of hydrogen-bond acceptors (Lipinski definition) is 3. The maximum absolute atomic E-state index is 5.53. The van der Waals surface area contributed by atoms with Gasteiger partial charge < -0.3 is 4.84 Å². The highest BCUT2D eigenvalue weighted by Crippen LogP contribution is 2.20. The minimum atomic E-state index is 0.762. The zero-order chi connectivity index (χ0) is 12.6. The Hall–Kier alpha value is -0.570. The van der Waals surface area contributed by atoms with Crippen LogP contribution in [0.2, 0.25) is 0 Å². The number of oxime groups is 1. The van der Waals surface area contributed by atoms with Gasteiger partial charge in [0.1, 0.15) is 6.61 Å². The van der Waals surface area contributed by atoms with Gasteiger partial charge in [-0.05, 0) is 51.1 Å². The van der Waals surface area contributed by atoms with Crippen molar-refractivity contribution in [2.24, 2.45) is 11.1 Å². The molecule has 0 N–H and O–H groups in total. The molecule has 1 aliphatic carbocycles. The first kappa shape index (κ1) is 13.9. The molecule has 3 heteroatoms. The number of piperidine rings is 1. The molecule has 0 aromatic carbocycles. The van der Waals surface area contributed by atoms with Crippen LogP contribution in [0.5, 0.6) is 0 Å². The van der Waals surface area contributed by atoms with Crippen molar-refractivity contribution < 1.29 is 4.84 Å². The third-order valence-electron chi connectivity index (χ3n) is 4.14. The summed E-state index contributed by atoms with van der Waals surface area (Å²) in [6.07, 6.45) is 10.4. The molecule has 2 fully saturated rings. The second-order valence-electron chi connectivity index (χ2n) is 5.95. The van der Waals surface area contributed by atoms with Gasteiger partial charge in [-0.1, -0.05) is 31.3 Å². The second-order valence-corrected chi connectivity index (χ2v) is 5.95. The summed E-state index contributed by atoms with van der Waals surface area (Å²) in [4.78, 5) is 8.03. The highest BCUT2D eigenvalue weighted by Gasteiger charge is 2.13. The molecule has 2 aliphatic rings. The van der Waals surface area contributed by atoms with Crippen LogP contribution in [-0.4, -0.2) is 36.9 Å². The fourth-order valence-corrected chi connectivity index (χ4v) is 3.00. The van der Waals surface area contributed by atoms with Gasteiger partial charge in [0, 0.05) is 6.54 Å². The predicted octanol–water partition coefficient (Wildman–Crippen LogP) is 3.45. The molecule has 2 rings (SSSR count). The van der Waals surface area contributed by atoms with E-state index in [9.17, 15) is 0 Å². The van der Waals surface area contributed by atoms with E-state index in [0.717, 1.165) is 31.9 Å². The number of nitrogens with zero attached hydrogens (tertiary/aromatic N) is 2. The lowest BCUT2D eigenvalue weighted by Crippen LogP contribution is -2.32. The minimum Gasteiger partial charge on any atom is -0.394 e. The van der Waals surface area contributed by atoms with Crippen LogP contribution in [0.3, 0.4) is 0 Å². The lowest BCUT2D eigenvalue weighted by molar-refractivity contribution is 0.101. The van der Waals surface area contributed by atoms with E-state index in [1.54, 1.807) is 0 Å². The highest BCUT2D eigenvalue weighted by atomic mass is 16.6. The third kappa shape index (κ3) is 4.97. The van der Waals surface area contributed by atoms with Crippen LogP contribution in [0.4, 0.5) is 0 Å². The summed E-state index contributed by atoms with van der Waals surface area (Å²) < 4.78 is 0. The van der Waals surface area contributed by atoms with Crippen molar-refractivity contribution in [2.45, 2.75) is 58.3 Å². The van der Waals surface area contributed by atoms with Crippen molar-refractivity contribution in [3.05, 3.63) is 0 Å². The highest BCUT2D eigenvalue weighted by molar-refractivity contribution is 5.84. The van der Waals surface area contributed by atoms with Crippen LogP contribution in [0, 0.1) is 5.92 Å². The molecular formula is C15H28N2O. The standard InChI is InChI=1S/C15H28N2O/c1-14-7-3-4-8-15(13-14)16-18-12-11-17-9-5-2-6-10-17/h14H,2-13H2,1H3. The minimum absolute atomic E-state index is 0.762. The van der Waals surface area contributed by atoms with Gasteiger partial charge in [-0.2, -0.15) is 0 Å². The van der Waals surface area contributed by atoms with Crippen LogP contribution < -0.4 is 0 Å². The zero-order valence-electron chi connectivity index (χ0n) is 11.9. The Kier molecular flexibility index (Phi) is 5.98. The molecule has 1 saturated carbocycles. The molecule has 1 heterocycles. The fourth-order valence-electron chi connectivity index (χ4n) is 3.00. The van der Waals surface area contributed by atoms with E-state index in [-0.39, 0.29) is 0 Å². The summed E-state index contributed by atoms with van der Waals surface area (Å²) in [6, 6.07) is 0. The summed E-state index contributed by atoms with van der Waals surface area (Å²) in [5.74, 6) is 0.789. The quantitative estimate of drug-likeness (QED) is 0.435. The van der Waals surface area contributed by atoms with E-state index in [0.29, 0.717) is 0 Å². The maximum atomic E-state index is 5.53. The molecule has 3 nitrogen and oxygen atoms in total. The lowest BCUT2D eigenvalue weighted by Gasteiger charge is -2.25. The van der Waals surface area contributed by atoms with E-state index in [4.69, 9.17) is 4.84 Å². The monoisotopic (exact) mass is 252 g/mol. The van der Waals surface area contributed by atoms with Crippen LogP contribution in [-0.2, 0) is 4.84 Å². The molecule has 1 saturated heterocycles. The van der Waals surface area contributed by atoms with Gasteiger partial charge in [0.15, 0.2) is 0 Å². The largest absolute Gasteiger partial charge is 0.394 e. The third-order valence-corrected chi connectivity index (χ3v) is 4.14. The number of hydrogen-bond donors (Lipinski definition) is 0. The SMILES string of the molecule is CC1CCCCC(=NOCCN2CCCCC2)C1. The Balaban J connectivity index is 1.63. The Labute approximate surface area is 112 Å². The van der Waals surface area contributed by atoms with E-state index in [1.165, 1.54) is 57.3 Å². The molecule has 0 amide bonds. The Morgan fingerprint density at radius 2 is 2.00 bits per heavy atom. The van der Waals surface area contributed by atoms with Gasteiger partial charge in [-0.15, -0.1) is 0 Å². The topological polar surface area (TPSA) is 24.8 Å². The predicted molar refractivity (Wildman–Crippen MR) is 75.9 cm³/mol. The smallest absolute Gasteiger partial charge is 0.129 e. The Bertz CT molecular complexity index is 259. The molecule has 1 unspecified atom stereocenters. The summed E-state index contributed by atoms with van der Waals surface area (Å²) in [5, 5.41) is 4.37. The molecule has 18 heavy (non-hydrogen) atoms. The zero-order valence-corrected chi connectivity index (χ0v) is 11.9. The van der Waals surface area contributed by atoms with Crippen molar-refractivity contribution in [1.29, 1.82) is 0 Å². The summed E-state index contributed by atoms with van der Waals surface area (Å²) in [6.45, 7) is 6.63. The van der Waals surface area contributed by atoms with E-state index in [1.807, 2.05) is 0 Å². The first-order valence-electron chi connectivity index (χ1n) is 7.74. The van der Waals surface area contributed by atoms with Crippen molar-refractivity contribution >= 4 is 5.71 Å². The fraction of sp³-hybridized carbons (Fsp3) is 0.933. The molecule has 0 aromatic rings. The average Bonchev–Trinajstić information content (AvgIpc) is 2.60. The van der Waals surface area contributed by atoms with E-state index >= 15 is 0 Å². The van der Waals surface area contributed by atoms with Gasteiger partial charge in [0.25, 0.3) is 0 Å². The molecular weight excluding hydrogens is 224 g/mol. The normalized spacial score (nSPS) is 29.2. The number of rotatable bonds is 4. The molecule has 1 aliphatic heterocycles. The summed E-state index contributed by atoms with van der Waals surface area (Å²) >= 11 is 0. The molecule has 0 spiro atoms. The first-order chi connectivity index (χ1) is 8.84. The number of likely N-dealkylation sites (tertiary alicyclic amines) is 1. The van der Waals surface area contributed by atoms with Gasteiger partial charge in [0.2, 0.25) is 0 Å². The average molecular weight is 252 g/mol. The van der Waals surface area contributed by atoms with Crippen molar-refractivity contribution in [3.63, 3.8) is 0 Å². The molecule has 0 bridgehead atoms. The van der Waals surface area contributed by atoms with Gasteiger partial charge in [-0.3, -0.25) is 4.90 Å². The Morgan fingerprint density at radius 1 is 1.17 bits per heavy atom. The van der Waals surface area contributed by atoms with Gasteiger partial charge in [-0.25, -0.2) is 0 Å². The van der Waals surface area contributed by atoms with Crippen LogP contribution in [0.1, 0.15) is 58.3 Å².